The van der Waals surface area contributed by atoms with Gasteiger partial charge in [-0.05, 0) is 37.1 Å². The van der Waals surface area contributed by atoms with Crippen LogP contribution in [-0.4, -0.2) is 44.4 Å². The van der Waals surface area contributed by atoms with Crippen LogP contribution in [0.15, 0.2) is 29.2 Å². The fourth-order valence-corrected chi connectivity index (χ4v) is 4.82. The molecule has 0 spiro atoms. The lowest BCUT2D eigenvalue weighted by atomic mass is 9.87. The summed E-state index contributed by atoms with van der Waals surface area (Å²) in [5, 5.41) is 9.09. The number of hydroxylamine groups is 1. The zero-order valence-corrected chi connectivity index (χ0v) is 14.0. The summed E-state index contributed by atoms with van der Waals surface area (Å²) in [5.74, 6) is -0.235. The molecule has 24 heavy (non-hydrogen) atoms. The molecule has 2 heterocycles. The highest BCUT2D eigenvalue weighted by molar-refractivity contribution is 7.89. The third-order valence-corrected chi connectivity index (χ3v) is 6.14. The van der Waals surface area contributed by atoms with E-state index in [9.17, 15) is 13.2 Å². The van der Waals surface area contributed by atoms with Crippen molar-refractivity contribution in [2.45, 2.75) is 48.3 Å². The summed E-state index contributed by atoms with van der Waals surface area (Å²) in [6.45, 7) is 0. The van der Waals surface area contributed by atoms with Gasteiger partial charge in [0.1, 0.15) is 11.3 Å². The normalized spacial score (nSPS) is 29.2. The van der Waals surface area contributed by atoms with E-state index in [1.54, 1.807) is 5.48 Å². The summed E-state index contributed by atoms with van der Waals surface area (Å²) in [4.78, 5) is 12.3. The third kappa shape index (κ3) is 3.12. The number of ether oxygens (including phenoxy) is 2. The maximum Gasteiger partial charge on any atom is 0.264 e. The SMILES string of the molecule is COc1ccc(S(=O)(=O)NC2(C(=O)NO)CC3CCC(C2)O3)cc1. The van der Waals surface area contributed by atoms with Gasteiger partial charge in [-0.15, -0.1) is 0 Å². The van der Waals surface area contributed by atoms with Crippen molar-refractivity contribution in [1.82, 2.24) is 10.2 Å². The first-order valence-corrected chi connectivity index (χ1v) is 9.15. The number of carbonyl (C=O) groups is 1. The number of fused-ring (bicyclic) bond motifs is 2. The second-order valence-corrected chi connectivity index (χ2v) is 7.85. The first-order chi connectivity index (χ1) is 11.4. The number of sulfonamides is 1. The van der Waals surface area contributed by atoms with E-state index in [0.29, 0.717) is 5.75 Å². The standard InChI is InChI=1S/C15H20N2O6S/c1-22-10-4-6-13(7-5-10)24(20,21)17-15(14(18)16-19)8-11-2-3-12(9-15)23-11/h4-7,11-12,17,19H,2-3,8-9H2,1H3,(H,16,18). The van der Waals surface area contributed by atoms with Gasteiger partial charge in [-0.2, -0.15) is 4.72 Å². The molecule has 0 radical (unpaired) electrons. The Morgan fingerprint density at radius 1 is 1.25 bits per heavy atom. The molecule has 2 bridgehead atoms. The Hall–Kier alpha value is -1.68. The summed E-state index contributed by atoms with van der Waals surface area (Å²) in [5.41, 5.74) is 0.176. The molecular formula is C15H20N2O6S. The largest absolute Gasteiger partial charge is 0.497 e. The molecule has 1 aromatic carbocycles. The van der Waals surface area contributed by atoms with E-state index in [-0.39, 0.29) is 29.9 Å². The topological polar surface area (TPSA) is 114 Å². The molecule has 8 nitrogen and oxygen atoms in total. The van der Waals surface area contributed by atoms with Gasteiger partial charge in [-0.3, -0.25) is 10.0 Å². The Kier molecular flexibility index (Phi) is 4.52. The Balaban J connectivity index is 1.90. The smallest absolute Gasteiger partial charge is 0.264 e. The number of methoxy groups -OCH3 is 1. The zero-order chi connectivity index (χ0) is 17.4. The zero-order valence-electron chi connectivity index (χ0n) is 13.2. The van der Waals surface area contributed by atoms with Crippen molar-refractivity contribution in [3.63, 3.8) is 0 Å². The van der Waals surface area contributed by atoms with Crippen LogP contribution in [0.2, 0.25) is 0 Å². The van der Waals surface area contributed by atoms with Gasteiger partial charge in [0.15, 0.2) is 0 Å². The summed E-state index contributed by atoms with van der Waals surface area (Å²) in [7, 11) is -2.46. The second kappa shape index (κ2) is 6.32. The minimum atomic E-state index is -3.95. The predicted molar refractivity (Wildman–Crippen MR) is 83.1 cm³/mol. The van der Waals surface area contributed by atoms with Crippen molar-refractivity contribution in [2.75, 3.05) is 7.11 Å². The van der Waals surface area contributed by atoms with E-state index in [4.69, 9.17) is 14.7 Å². The third-order valence-electron chi connectivity index (χ3n) is 4.58. The van der Waals surface area contributed by atoms with Crippen LogP contribution in [0.3, 0.4) is 0 Å². The maximum absolute atomic E-state index is 12.7. The molecule has 0 aromatic heterocycles. The summed E-state index contributed by atoms with van der Waals surface area (Å²) < 4.78 is 38.6. The molecule has 2 unspecified atom stereocenters. The Bertz CT molecular complexity index is 706. The van der Waals surface area contributed by atoms with Crippen LogP contribution in [0.1, 0.15) is 25.7 Å². The van der Waals surface area contributed by atoms with E-state index in [1.807, 2.05) is 0 Å². The first kappa shape index (κ1) is 17.2. The number of hydrogen-bond acceptors (Lipinski definition) is 6. The van der Waals surface area contributed by atoms with Crippen LogP contribution in [0.25, 0.3) is 0 Å². The van der Waals surface area contributed by atoms with Crippen molar-refractivity contribution in [3.8, 4) is 5.75 Å². The van der Waals surface area contributed by atoms with Crippen molar-refractivity contribution >= 4 is 15.9 Å². The molecule has 9 heteroatoms. The minimum absolute atomic E-state index is 0.0206. The highest BCUT2D eigenvalue weighted by Gasteiger charge is 2.51. The molecule has 1 amide bonds. The van der Waals surface area contributed by atoms with Crippen molar-refractivity contribution in [3.05, 3.63) is 24.3 Å². The lowest BCUT2D eigenvalue weighted by molar-refractivity contribution is -0.142. The molecule has 132 valence electrons. The average Bonchev–Trinajstić information content (AvgIpc) is 2.92. The van der Waals surface area contributed by atoms with Crippen molar-refractivity contribution in [2.24, 2.45) is 0 Å². The minimum Gasteiger partial charge on any atom is -0.497 e. The van der Waals surface area contributed by atoms with Crippen molar-refractivity contribution in [1.29, 1.82) is 0 Å². The molecule has 2 atom stereocenters. The van der Waals surface area contributed by atoms with Crippen LogP contribution in [-0.2, 0) is 19.6 Å². The van der Waals surface area contributed by atoms with Gasteiger partial charge in [-0.25, -0.2) is 13.9 Å². The van der Waals surface area contributed by atoms with E-state index in [0.717, 1.165) is 12.8 Å². The first-order valence-electron chi connectivity index (χ1n) is 7.66. The van der Waals surface area contributed by atoms with Crippen molar-refractivity contribution < 1.29 is 27.9 Å². The van der Waals surface area contributed by atoms with Crippen LogP contribution < -0.4 is 14.9 Å². The fourth-order valence-electron chi connectivity index (χ4n) is 3.43. The molecule has 1 aromatic rings. The summed E-state index contributed by atoms with van der Waals surface area (Å²) in [6.07, 6.45) is 1.53. The van der Waals surface area contributed by atoms with E-state index in [1.165, 1.54) is 31.4 Å². The van der Waals surface area contributed by atoms with Crippen LogP contribution in [0, 0.1) is 0 Å². The van der Waals surface area contributed by atoms with Crippen LogP contribution in [0.5, 0.6) is 5.75 Å². The molecule has 2 fully saturated rings. The van der Waals surface area contributed by atoms with Gasteiger partial charge >= 0.3 is 0 Å². The Morgan fingerprint density at radius 2 is 1.83 bits per heavy atom. The quantitative estimate of drug-likeness (QED) is 0.525. The average molecular weight is 356 g/mol. The van der Waals surface area contributed by atoms with Gasteiger partial charge in [0.05, 0.1) is 24.2 Å². The molecule has 2 aliphatic rings. The molecular weight excluding hydrogens is 336 g/mol. The van der Waals surface area contributed by atoms with Gasteiger partial charge in [0, 0.05) is 12.8 Å². The summed E-state index contributed by atoms with van der Waals surface area (Å²) >= 11 is 0. The molecule has 0 saturated carbocycles. The van der Waals surface area contributed by atoms with E-state index in [2.05, 4.69) is 4.72 Å². The van der Waals surface area contributed by atoms with Crippen LogP contribution >= 0.6 is 0 Å². The maximum atomic E-state index is 12.7. The molecule has 2 aliphatic heterocycles. The second-order valence-electron chi connectivity index (χ2n) is 6.17. The van der Waals surface area contributed by atoms with Crippen LogP contribution in [0.4, 0.5) is 0 Å². The molecule has 2 saturated heterocycles. The lowest BCUT2D eigenvalue weighted by Crippen LogP contribution is -2.62. The Morgan fingerprint density at radius 3 is 2.33 bits per heavy atom. The fraction of sp³-hybridized carbons (Fsp3) is 0.533. The van der Waals surface area contributed by atoms with Gasteiger partial charge in [-0.1, -0.05) is 0 Å². The highest BCUT2D eigenvalue weighted by Crippen LogP contribution is 2.39. The molecule has 3 N–H and O–H groups in total. The molecule has 3 rings (SSSR count). The molecule has 0 aliphatic carbocycles. The van der Waals surface area contributed by atoms with Gasteiger partial charge in [0.25, 0.3) is 5.91 Å². The number of nitrogens with one attached hydrogen (secondary N) is 2. The number of rotatable bonds is 5. The number of benzene rings is 1. The summed E-state index contributed by atoms with van der Waals surface area (Å²) in [6, 6.07) is 5.86. The number of hydrogen-bond donors (Lipinski definition) is 3. The van der Waals surface area contributed by atoms with Gasteiger partial charge < -0.3 is 9.47 Å². The lowest BCUT2D eigenvalue weighted by Gasteiger charge is -2.38. The highest BCUT2D eigenvalue weighted by atomic mass is 32.2. The van der Waals surface area contributed by atoms with E-state index >= 15 is 0 Å². The number of amides is 1. The monoisotopic (exact) mass is 356 g/mol. The predicted octanol–water partition coefficient (Wildman–Crippen LogP) is 0.559. The number of carbonyl (C=O) groups excluding carboxylic acids is 1. The van der Waals surface area contributed by atoms with Gasteiger partial charge in [0.2, 0.25) is 10.0 Å². The Labute approximate surface area is 140 Å². The van der Waals surface area contributed by atoms with E-state index < -0.39 is 21.5 Å².